The van der Waals surface area contributed by atoms with Crippen molar-refractivity contribution in [1.82, 2.24) is 0 Å². The van der Waals surface area contributed by atoms with Gasteiger partial charge in [-0.3, -0.25) is 4.79 Å². The van der Waals surface area contributed by atoms with Crippen LogP contribution in [0.5, 0.6) is 0 Å². The van der Waals surface area contributed by atoms with Crippen molar-refractivity contribution in [2.45, 2.75) is 0 Å². The highest BCUT2D eigenvalue weighted by atomic mass is 79.9. The summed E-state index contributed by atoms with van der Waals surface area (Å²) < 4.78 is 27.6. The van der Waals surface area contributed by atoms with Gasteiger partial charge in [0.2, 0.25) is 0 Å². The molecule has 0 amide bonds. The number of carbonyl (C=O) groups excluding carboxylic acids is 1. The number of hydrogen-bond acceptors (Lipinski definition) is 1. The normalized spacial score (nSPS) is 10.8. The molecule has 1 nitrogen and oxygen atoms in total. The van der Waals surface area contributed by atoms with E-state index in [-0.39, 0.29) is 5.56 Å². The summed E-state index contributed by atoms with van der Waals surface area (Å²) in [6.07, 6.45) is 0. The van der Waals surface area contributed by atoms with Crippen LogP contribution in [0.2, 0.25) is 0 Å². The quantitative estimate of drug-likeness (QED) is 0.465. The van der Waals surface area contributed by atoms with Crippen LogP contribution in [0, 0.1) is 11.6 Å². The third-order valence-corrected chi connectivity index (χ3v) is 3.71. The first-order chi connectivity index (χ1) is 10.1. The Morgan fingerprint density at radius 1 is 0.905 bits per heavy atom. The highest BCUT2D eigenvalue weighted by Gasteiger charge is 2.18. The van der Waals surface area contributed by atoms with Gasteiger partial charge in [-0.05, 0) is 29.0 Å². The fraction of sp³-hybridized carbons (Fsp3) is 0. The second-order valence-corrected chi connectivity index (χ2v) is 5.56. The van der Waals surface area contributed by atoms with Crippen molar-refractivity contribution in [3.8, 4) is 0 Å². The summed E-state index contributed by atoms with van der Waals surface area (Å²) >= 11 is 3.07. The number of rotatable bonds is 2. The molecule has 3 aromatic carbocycles. The van der Waals surface area contributed by atoms with Gasteiger partial charge in [0.25, 0.3) is 0 Å². The molecule has 0 aliphatic carbocycles. The Bertz CT molecular complexity index is 859. The van der Waals surface area contributed by atoms with Gasteiger partial charge in [0, 0.05) is 10.0 Å². The average Bonchev–Trinajstić information content (AvgIpc) is 2.49. The van der Waals surface area contributed by atoms with Crippen LogP contribution in [0.3, 0.4) is 0 Å². The largest absolute Gasteiger partial charge is 0.288 e. The SMILES string of the molecule is O=C(c1ccc2ccccc2c1)c1cc(Br)cc(F)c1F. The summed E-state index contributed by atoms with van der Waals surface area (Å²) in [5.74, 6) is -2.72. The van der Waals surface area contributed by atoms with Gasteiger partial charge in [0.05, 0.1) is 5.56 Å². The van der Waals surface area contributed by atoms with Gasteiger partial charge in [-0.1, -0.05) is 52.3 Å². The van der Waals surface area contributed by atoms with Gasteiger partial charge in [0.15, 0.2) is 17.4 Å². The van der Waals surface area contributed by atoms with Crippen molar-refractivity contribution in [3.05, 3.63) is 81.8 Å². The zero-order valence-electron chi connectivity index (χ0n) is 10.7. The predicted octanol–water partition coefficient (Wildman–Crippen LogP) is 5.11. The van der Waals surface area contributed by atoms with E-state index < -0.39 is 17.4 Å². The summed E-state index contributed by atoms with van der Waals surface area (Å²) in [6.45, 7) is 0. The fourth-order valence-electron chi connectivity index (χ4n) is 2.21. The molecule has 0 bridgehead atoms. The first-order valence-corrected chi connectivity index (χ1v) is 7.03. The number of hydrogen-bond donors (Lipinski definition) is 0. The molecular formula is C17H9BrF2O. The molecule has 0 N–H and O–H groups in total. The molecule has 0 atom stereocenters. The molecule has 0 aromatic heterocycles. The smallest absolute Gasteiger partial charge is 0.196 e. The molecular weight excluding hydrogens is 338 g/mol. The van der Waals surface area contributed by atoms with E-state index in [1.54, 1.807) is 18.2 Å². The molecule has 0 unspecified atom stereocenters. The van der Waals surface area contributed by atoms with Gasteiger partial charge >= 0.3 is 0 Å². The highest BCUT2D eigenvalue weighted by molar-refractivity contribution is 9.10. The summed E-state index contributed by atoms with van der Waals surface area (Å²) in [7, 11) is 0. The van der Waals surface area contributed by atoms with Crippen molar-refractivity contribution in [2.75, 3.05) is 0 Å². The Morgan fingerprint density at radius 3 is 2.38 bits per heavy atom. The van der Waals surface area contributed by atoms with E-state index in [0.717, 1.165) is 16.8 Å². The van der Waals surface area contributed by atoms with Crippen LogP contribution in [0.4, 0.5) is 8.78 Å². The molecule has 4 heteroatoms. The maximum atomic E-state index is 13.8. The molecule has 0 spiro atoms. The minimum Gasteiger partial charge on any atom is -0.288 e. The van der Waals surface area contributed by atoms with Gasteiger partial charge in [-0.15, -0.1) is 0 Å². The van der Waals surface area contributed by atoms with Crippen LogP contribution in [-0.4, -0.2) is 5.78 Å². The topological polar surface area (TPSA) is 17.1 Å². The van der Waals surface area contributed by atoms with Gasteiger partial charge < -0.3 is 0 Å². The highest BCUT2D eigenvalue weighted by Crippen LogP contribution is 2.23. The monoisotopic (exact) mass is 346 g/mol. The van der Waals surface area contributed by atoms with Gasteiger partial charge in [-0.25, -0.2) is 8.78 Å². The Balaban J connectivity index is 2.12. The van der Waals surface area contributed by atoms with Crippen molar-refractivity contribution in [3.63, 3.8) is 0 Å². The van der Waals surface area contributed by atoms with E-state index in [9.17, 15) is 13.6 Å². The van der Waals surface area contributed by atoms with Crippen LogP contribution in [0.15, 0.2) is 59.1 Å². The number of carbonyl (C=O) groups is 1. The third kappa shape index (κ3) is 2.59. The van der Waals surface area contributed by atoms with Crippen molar-refractivity contribution in [1.29, 1.82) is 0 Å². The first kappa shape index (κ1) is 13.9. The van der Waals surface area contributed by atoms with Gasteiger partial charge in [-0.2, -0.15) is 0 Å². The van der Waals surface area contributed by atoms with Crippen LogP contribution in [0.1, 0.15) is 15.9 Å². The molecule has 0 fully saturated rings. The Morgan fingerprint density at radius 2 is 1.62 bits per heavy atom. The molecule has 21 heavy (non-hydrogen) atoms. The Labute approximate surface area is 128 Å². The fourth-order valence-corrected chi connectivity index (χ4v) is 2.64. The van der Waals surface area contributed by atoms with E-state index in [1.165, 1.54) is 6.07 Å². The molecule has 0 radical (unpaired) electrons. The minimum atomic E-state index is -1.13. The lowest BCUT2D eigenvalue weighted by molar-refractivity contribution is 0.103. The third-order valence-electron chi connectivity index (χ3n) is 3.25. The van der Waals surface area contributed by atoms with E-state index in [2.05, 4.69) is 15.9 Å². The van der Waals surface area contributed by atoms with Crippen molar-refractivity contribution >= 4 is 32.5 Å². The molecule has 0 aliphatic rings. The predicted molar refractivity (Wildman–Crippen MR) is 81.4 cm³/mol. The second kappa shape index (κ2) is 5.37. The Kier molecular flexibility index (Phi) is 3.55. The molecule has 3 aromatic rings. The molecule has 0 aliphatic heterocycles. The maximum Gasteiger partial charge on any atom is 0.196 e. The molecule has 0 heterocycles. The molecule has 0 saturated carbocycles. The van der Waals surface area contributed by atoms with Crippen LogP contribution >= 0.6 is 15.9 Å². The maximum absolute atomic E-state index is 13.8. The Hall–Kier alpha value is -2.07. The van der Waals surface area contributed by atoms with E-state index in [4.69, 9.17) is 0 Å². The number of fused-ring (bicyclic) bond motifs is 1. The second-order valence-electron chi connectivity index (χ2n) is 4.64. The number of halogens is 3. The molecule has 104 valence electrons. The van der Waals surface area contributed by atoms with E-state index in [0.29, 0.717) is 10.0 Å². The van der Waals surface area contributed by atoms with Crippen molar-refractivity contribution < 1.29 is 13.6 Å². The minimum absolute atomic E-state index is 0.280. The van der Waals surface area contributed by atoms with Crippen LogP contribution in [0.25, 0.3) is 10.8 Å². The summed E-state index contributed by atoms with van der Waals surface area (Å²) in [5, 5.41) is 1.86. The number of ketones is 1. The zero-order chi connectivity index (χ0) is 15.0. The molecule has 0 saturated heterocycles. The first-order valence-electron chi connectivity index (χ1n) is 6.24. The summed E-state index contributed by atoms with van der Waals surface area (Å²) in [6, 6.07) is 14.9. The summed E-state index contributed by atoms with van der Waals surface area (Å²) in [5.41, 5.74) is 0.0438. The standard InChI is InChI=1S/C17H9BrF2O/c18-13-8-14(16(20)15(19)9-13)17(21)12-6-5-10-3-1-2-4-11(10)7-12/h1-9H. The lowest BCUT2D eigenvalue weighted by Gasteiger charge is -2.06. The van der Waals surface area contributed by atoms with Crippen LogP contribution < -0.4 is 0 Å². The zero-order valence-corrected chi connectivity index (χ0v) is 12.3. The number of benzene rings is 3. The lowest BCUT2D eigenvalue weighted by Crippen LogP contribution is -2.06. The lowest BCUT2D eigenvalue weighted by atomic mass is 9.99. The molecule has 3 rings (SSSR count). The van der Waals surface area contributed by atoms with Gasteiger partial charge in [0.1, 0.15) is 0 Å². The van der Waals surface area contributed by atoms with Crippen molar-refractivity contribution in [2.24, 2.45) is 0 Å². The van der Waals surface area contributed by atoms with E-state index >= 15 is 0 Å². The average molecular weight is 347 g/mol. The summed E-state index contributed by atoms with van der Waals surface area (Å²) in [4.78, 5) is 12.4. The van der Waals surface area contributed by atoms with Crippen LogP contribution in [-0.2, 0) is 0 Å². The van der Waals surface area contributed by atoms with E-state index in [1.807, 2.05) is 24.3 Å².